The largest absolute Gasteiger partial charge is 0.390 e. The number of ketones is 2. The molecule has 4 aliphatic rings. The number of aliphatic hydroxyl groups is 3. The van der Waals surface area contributed by atoms with E-state index in [1.807, 2.05) is 13.8 Å². The lowest BCUT2D eigenvalue weighted by Crippen LogP contribution is -2.60. The Labute approximate surface area is 141 Å². The van der Waals surface area contributed by atoms with Crippen LogP contribution < -0.4 is 0 Å². The maximum Gasteiger partial charge on any atom is 0.159 e. The average molecular weight is 334 g/mol. The molecule has 5 heteroatoms. The van der Waals surface area contributed by atoms with Gasteiger partial charge in [-0.15, -0.1) is 0 Å². The number of Topliss-reactive ketones (excluding diaryl/α,β-unsaturated/α-hetero) is 1. The molecule has 0 aliphatic heterocycles. The number of rotatable bonds is 0. The zero-order valence-electron chi connectivity index (χ0n) is 14.3. The molecular weight excluding hydrogens is 308 g/mol. The molecule has 0 aromatic carbocycles. The van der Waals surface area contributed by atoms with Gasteiger partial charge in [-0.2, -0.15) is 0 Å². The molecule has 24 heavy (non-hydrogen) atoms. The Hall–Kier alpha value is -1.04. The van der Waals surface area contributed by atoms with Crippen LogP contribution in [0.2, 0.25) is 0 Å². The zero-order valence-corrected chi connectivity index (χ0v) is 14.3. The first kappa shape index (κ1) is 16.4. The smallest absolute Gasteiger partial charge is 0.159 e. The van der Waals surface area contributed by atoms with Gasteiger partial charge in [-0.05, 0) is 62.0 Å². The fourth-order valence-electron chi connectivity index (χ4n) is 6.14. The summed E-state index contributed by atoms with van der Waals surface area (Å²) in [6, 6.07) is 0. The van der Waals surface area contributed by atoms with E-state index in [9.17, 15) is 24.9 Å². The molecule has 4 aliphatic carbocycles. The summed E-state index contributed by atoms with van der Waals surface area (Å²) < 4.78 is 0. The second kappa shape index (κ2) is 4.77. The number of carbonyl (C=O) groups is 2. The van der Waals surface area contributed by atoms with Gasteiger partial charge in [0.05, 0.1) is 23.2 Å². The lowest BCUT2D eigenvalue weighted by Gasteiger charge is -2.58. The number of carbonyl (C=O) groups excluding carboxylic acids is 2. The van der Waals surface area contributed by atoms with E-state index in [1.165, 1.54) is 0 Å². The molecule has 0 radical (unpaired) electrons. The molecule has 3 saturated carbocycles. The van der Waals surface area contributed by atoms with Crippen molar-refractivity contribution in [3.63, 3.8) is 0 Å². The molecule has 0 aromatic heterocycles. The minimum Gasteiger partial charge on any atom is -0.390 e. The summed E-state index contributed by atoms with van der Waals surface area (Å²) in [6.07, 6.45) is 2.56. The van der Waals surface area contributed by atoms with Crippen LogP contribution in [0.25, 0.3) is 0 Å². The van der Waals surface area contributed by atoms with Crippen LogP contribution in [0.15, 0.2) is 11.6 Å². The monoisotopic (exact) mass is 334 g/mol. The second-order valence-electron chi connectivity index (χ2n) is 8.84. The van der Waals surface area contributed by atoms with Gasteiger partial charge >= 0.3 is 0 Å². The van der Waals surface area contributed by atoms with Crippen LogP contribution >= 0.6 is 0 Å². The molecular formula is C19H26O5. The lowest BCUT2D eigenvalue weighted by molar-refractivity contribution is -0.154. The van der Waals surface area contributed by atoms with Crippen molar-refractivity contribution in [2.24, 2.45) is 22.7 Å². The van der Waals surface area contributed by atoms with E-state index in [-0.39, 0.29) is 29.8 Å². The highest BCUT2D eigenvalue weighted by atomic mass is 16.3. The van der Waals surface area contributed by atoms with Gasteiger partial charge in [-0.3, -0.25) is 9.59 Å². The quantitative estimate of drug-likeness (QED) is 0.618. The van der Waals surface area contributed by atoms with Crippen molar-refractivity contribution < 1.29 is 24.9 Å². The molecule has 4 rings (SSSR count). The van der Waals surface area contributed by atoms with Gasteiger partial charge in [0.25, 0.3) is 0 Å². The molecule has 3 fully saturated rings. The summed E-state index contributed by atoms with van der Waals surface area (Å²) in [4.78, 5) is 25.2. The standard InChI is InChI=1S/C19H26O5/c1-17-9-15(22)14(21)8-12(17)13(20)7-11-10(17)3-5-18(2)16(23)4-6-19(11,18)24/h7,10,12,14-15,21-22,24H,3-6,8-9H2,1-2H3/t10?,12-,14+,15-,17?,18?,19+/m0/s1. The predicted octanol–water partition coefficient (Wildman–Crippen LogP) is 1.14. The number of aliphatic hydroxyl groups excluding tert-OH is 2. The number of fused-ring (bicyclic) bond motifs is 5. The van der Waals surface area contributed by atoms with Crippen molar-refractivity contribution in [3.05, 3.63) is 11.6 Å². The van der Waals surface area contributed by atoms with Crippen molar-refractivity contribution in [2.75, 3.05) is 0 Å². The molecule has 7 atom stereocenters. The number of allylic oxidation sites excluding steroid dienone is 1. The van der Waals surface area contributed by atoms with Crippen LogP contribution in [0.3, 0.4) is 0 Å². The van der Waals surface area contributed by atoms with E-state index < -0.39 is 28.6 Å². The third-order valence-corrected chi connectivity index (χ3v) is 7.83. The third-order valence-electron chi connectivity index (χ3n) is 7.83. The number of hydrogen-bond acceptors (Lipinski definition) is 5. The summed E-state index contributed by atoms with van der Waals surface area (Å²) in [5.74, 6) is -0.337. The van der Waals surface area contributed by atoms with E-state index in [2.05, 4.69) is 0 Å². The minimum atomic E-state index is -1.24. The zero-order chi connectivity index (χ0) is 17.5. The fraction of sp³-hybridized carbons (Fsp3) is 0.789. The highest BCUT2D eigenvalue weighted by Crippen LogP contribution is 2.64. The summed E-state index contributed by atoms with van der Waals surface area (Å²) in [7, 11) is 0. The SMILES string of the molecule is CC12C[C@H](O)[C@H](O)C[C@H]1C(=O)C=C1C2CCC2(C)C(=O)CC[C@@]12O. The van der Waals surface area contributed by atoms with Crippen molar-refractivity contribution in [2.45, 2.75) is 70.2 Å². The van der Waals surface area contributed by atoms with Gasteiger partial charge in [0, 0.05) is 12.3 Å². The highest BCUT2D eigenvalue weighted by Gasteiger charge is 2.66. The summed E-state index contributed by atoms with van der Waals surface area (Å²) in [5, 5.41) is 31.6. The van der Waals surface area contributed by atoms with Crippen LogP contribution in [0.4, 0.5) is 0 Å². The molecule has 3 N–H and O–H groups in total. The number of hydrogen-bond donors (Lipinski definition) is 3. The summed E-state index contributed by atoms with van der Waals surface area (Å²) in [5.41, 5.74) is -1.80. The first-order valence-corrected chi connectivity index (χ1v) is 9.01. The maximum atomic E-state index is 12.8. The molecule has 0 heterocycles. The molecule has 5 nitrogen and oxygen atoms in total. The Balaban J connectivity index is 1.83. The molecule has 0 saturated heterocycles. The minimum absolute atomic E-state index is 0.0219. The first-order chi connectivity index (χ1) is 11.1. The summed E-state index contributed by atoms with van der Waals surface area (Å²) >= 11 is 0. The Morgan fingerprint density at radius 1 is 1.08 bits per heavy atom. The van der Waals surface area contributed by atoms with Crippen LogP contribution in [0.1, 0.15) is 52.4 Å². The maximum absolute atomic E-state index is 12.8. The third kappa shape index (κ3) is 1.76. The van der Waals surface area contributed by atoms with Crippen LogP contribution in [0.5, 0.6) is 0 Å². The van der Waals surface area contributed by atoms with E-state index >= 15 is 0 Å². The van der Waals surface area contributed by atoms with Gasteiger partial charge < -0.3 is 15.3 Å². The van der Waals surface area contributed by atoms with E-state index in [1.54, 1.807) is 6.08 Å². The molecule has 0 amide bonds. The van der Waals surface area contributed by atoms with Crippen LogP contribution in [0, 0.1) is 22.7 Å². The van der Waals surface area contributed by atoms with Crippen molar-refractivity contribution in [3.8, 4) is 0 Å². The van der Waals surface area contributed by atoms with Crippen molar-refractivity contribution >= 4 is 11.6 Å². The molecule has 0 spiro atoms. The predicted molar refractivity (Wildman–Crippen MR) is 86.0 cm³/mol. The Bertz CT molecular complexity index is 654. The van der Waals surface area contributed by atoms with E-state index in [0.29, 0.717) is 31.3 Å². The fourth-order valence-corrected chi connectivity index (χ4v) is 6.14. The molecule has 0 aromatic rings. The summed E-state index contributed by atoms with van der Waals surface area (Å²) in [6.45, 7) is 3.84. The van der Waals surface area contributed by atoms with Gasteiger partial charge in [0.15, 0.2) is 5.78 Å². The first-order valence-electron chi connectivity index (χ1n) is 9.01. The Morgan fingerprint density at radius 2 is 1.79 bits per heavy atom. The Kier molecular flexibility index (Phi) is 3.27. The molecule has 3 unspecified atom stereocenters. The normalized spacial score (nSPS) is 54.0. The van der Waals surface area contributed by atoms with E-state index in [4.69, 9.17) is 0 Å². The van der Waals surface area contributed by atoms with Crippen LogP contribution in [-0.4, -0.2) is 44.7 Å². The van der Waals surface area contributed by atoms with Gasteiger partial charge in [-0.1, -0.05) is 6.92 Å². The topological polar surface area (TPSA) is 94.8 Å². The van der Waals surface area contributed by atoms with E-state index in [0.717, 1.165) is 6.42 Å². The van der Waals surface area contributed by atoms with Gasteiger partial charge in [0.1, 0.15) is 5.78 Å². The highest BCUT2D eigenvalue weighted by molar-refractivity contribution is 5.96. The van der Waals surface area contributed by atoms with Crippen LogP contribution in [-0.2, 0) is 9.59 Å². The Morgan fingerprint density at radius 3 is 2.50 bits per heavy atom. The average Bonchev–Trinajstić information content (AvgIpc) is 2.75. The second-order valence-corrected chi connectivity index (χ2v) is 8.84. The van der Waals surface area contributed by atoms with Crippen molar-refractivity contribution in [1.29, 1.82) is 0 Å². The molecule has 132 valence electrons. The lowest BCUT2D eigenvalue weighted by atomic mass is 9.47. The van der Waals surface area contributed by atoms with Gasteiger partial charge in [-0.25, -0.2) is 0 Å². The van der Waals surface area contributed by atoms with Gasteiger partial charge in [0.2, 0.25) is 0 Å². The van der Waals surface area contributed by atoms with Crippen molar-refractivity contribution in [1.82, 2.24) is 0 Å². The molecule has 0 bridgehead atoms.